The summed E-state index contributed by atoms with van der Waals surface area (Å²) in [6.07, 6.45) is 0. The van der Waals surface area contributed by atoms with Gasteiger partial charge in [-0.25, -0.2) is 0 Å². The zero-order valence-corrected chi connectivity index (χ0v) is 11.9. The highest BCUT2D eigenvalue weighted by molar-refractivity contribution is 9.10. The molecule has 0 fully saturated rings. The topological polar surface area (TPSA) is 64.3 Å². The molecule has 0 atom stereocenters. The summed E-state index contributed by atoms with van der Waals surface area (Å²) in [4.78, 5) is 11.4. The van der Waals surface area contributed by atoms with Crippen molar-refractivity contribution >= 4 is 27.5 Å². The number of rotatable bonds is 4. The molecule has 2 aromatic rings. The van der Waals surface area contributed by atoms with Gasteiger partial charge in [-0.05, 0) is 52.3 Å². The molecule has 0 radical (unpaired) electrons. The lowest BCUT2D eigenvalue weighted by molar-refractivity contribution is 0.0997. The van der Waals surface area contributed by atoms with Crippen LogP contribution in [0.5, 0.6) is 11.5 Å². The average molecular weight is 321 g/mol. The number of ether oxygens (including phenoxy) is 1. The van der Waals surface area contributed by atoms with E-state index in [9.17, 15) is 4.79 Å². The Labute approximate surface area is 119 Å². The third-order valence-corrected chi connectivity index (χ3v) is 3.25. The number of anilines is 1. The van der Waals surface area contributed by atoms with Crippen molar-refractivity contribution in [1.82, 2.24) is 0 Å². The minimum Gasteiger partial charge on any atom is -0.456 e. The number of amides is 1. The van der Waals surface area contributed by atoms with Crippen LogP contribution in [0.4, 0.5) is 5.69 Å². The van der Waals surface area contributed by atoms with E-state index in [1.165, 1.54) is 0 Å². The number of benzene rings is 2. The molecule has 0 aliphatic carbocycles. The normalized spacial score (nSPS) is 10.0. The van der Waals surface area contributed by atoms with Crippen LogP contribution in [-0.2, 0) is 0 Å². The monoisotopic (exact) mass is 320 g/mol. The van der Waals surface area contributed by atoms with Gasteiger partial charge in [-0.2, -0.15) is 0 Å². The van der Waals surface area contributed by atoms with Gasteiger partial charge < -0.3 is 15.8 Å². The molecule has 98 valence electrons. The minimum atomic E-state index is -0.533. The second-order valence-electron chi connectivity index (χ2n) is 3.85. The maximum Gasteiger partial charge on any atom is 0.253 e. The number of halogens is 1. The fraction of sp³-hybridized carbons (Fsp3) is 0.0714. The van der Waals surface area contributed by atoms with Crippen molar-refractivity contribution in [2.75, 3.05) is 12.4 Å². The summed E-state index contributed by atoms with van der Waals surface area (Å²) in [7, 11) is 1.84. The zero-order chi connectivity index (χ0) is 13.8. The van der Waals surface area contributed by atoms with E-state index in [4.69, 9.17) is 10.5 Å². The molecule has 0 aliphatic heterocycles. The number of primary amides is 1. The Morgan fingerprint density at radius 3 is 2.47 bits per heavy atom. The van der Waals surface area contributed by atoms with Crippen LogP contribution in [0.1, 0.15) is 10.4 Å². The van der Waals surface area contributed by atoms with Crippen molar-refractivity contribution in [3.8, 4) is 11.5 Å². The van der Waals surface area contributed by atoms with E-state index in [1.807, 2.05) is 31.3 Å². The van der Waals surface area contributed by atoms with Crippen LogP contribution in [0.15, 0.2) is 46.9 Å². The summed E-state index contributed by atoms with van der Waals surface area (Å²) in [6.45, 7) is 0. The smallest absolute Gasteiger partial charge is 0.253 e. The molecular formula is C14H13BrN2O2. The first-order valence-corrected chi connectivity index (χ1v) is 6.45. The van der Waals surface area contributed by atoms with Crippen LogP contribution >= 0.6 is 15.9 Å². The molecule has 0 bridgehead atoms. The number of nitrogens with two attached hydrogens (primary N) is 1. The standard InChI is InChI=1S/C14H13BrN2O2/c1-17-9-5-7-10(8-6-9)19-12-4-2-3-11(15)13(12)14(16)18/h2-8,17H,1H3,(H2,16,18). The van der Waals surface area contributed by atoms with Crippen LogP contribution in [0.3, 0.4) is 0 Å². The van der Waals surface area contributed by atoms with Crippen LogP contribution in [-0.4, -0.2) is 13.0 Å². The van der Waals surface area contributed by atoms with Crippen LogP contribution in [0, 0.1) is 0 Å². The molecule has 2 rings (SSSR count). The lowest BCUT2D eigenvalue weighted by atomic mass is 10.2. The predicted molar refractivity (Wildman–Crippen MR) is 78.7 cm³/mol. The molecule has 2 aromatic carbocycles. The van der Waals surface area contributed by atoms with Gasteiger partial charge >= 0.3 is 0 Å². The summed E-state index contributed by atoms with van der Waals surface area (Å²) in [6, 6.07) is 12.6. The van der Waals surface area contributed by atoms with Gasteiger partial charge in [-0.15, -0.1) is 0 Å². The van der Waals surface area contributed by atoms with Crippen molar-refractivity contribution in [2.24, 2.45) is 5.73 Å². The van der Waals surface area contributed by atoms with E-state index in [2.05, 4.69) is 21.2 Å². The van der Waals surface area contributed by atoms with E-state index >= 15 is 0 Å². The Hall–Kier alpha value is -2.01. The molecule has 3 N–H and O–H groups in total. The zero-order valence-electron chi connectivity index (χ0n) is 10.3. The highest BCUT2D eigenvalue weighted by atomic mass is 79.9. The molecule has 0 aliphatic rings. The summed E-state index contributed by atoms with van der Waals surface area (Å²) in [5.74, 6) is 0.535. The predicted octanol–water partition coefficient (Wildman–Crippen LogP) is 3.38. The molecule has 0 saturated carbocycles. The quantitative estimate of drug-likeness (QED) is 0.907. The first kappa shape index (κ1) is 13.4. The number of hydrogen-bond acceptors (Lipinski definition) is 3. The van der Waals surface area contributed by atoms with Crippen LogP contribution in [0.2, 0.25) is 0 Å². The Morgan fingerprint density at radius 1 is 1.21 bits per heavy atom. The third-order valence-electron chi connectivity index (χ3n) is 2.59. The van der Waals surface area contributed by atoms with Crippen molar-refractivity contribution in [3.63, 3.8) is 0 Å². The highest BCUT2D eigenvalue weighted by Crippen LogP contribution is 2.30. The maximum atomic E-state index is 11.4. The first-order valence-electron chi connectivity index (χ1n) is 5.66. The molecule has 5 heteroatoms. The van der Waals surface area contributed by atoms with Gasteiger partial charge in [0.15, 0.2) is 0 Å². The average Bonchev–Trinajstić information content (AvgIpc) is 2.39. The van der Waals surface area contributed by atoms with Gasteiger partial charge in [0.05, 0.1) is 5.56 Å². The minimum absolute atomic E-state index is 0.334. The Bertz CT molecular complexity index is 597. The van der Waals surface area contributed by atoms with E-state index in [-0.39, 0.29) is 0 Å². The van der Waals surface area contributed by atoms with Crippen LogP contribution < -0.4 is 15.8 Å². The number of nitrogens with one attached hydrogen (secondary N) is 1. The second kappa shape index (κ2) is 5.75. The largest absolute Gasteiger partial charge is 0.456 e. The van der Waals surface area contributed by atoms with Gasteiger partial charge in [0.25, 0.3) is 5.91 Å². The van der Waals surface area contributed by atoms with Gasteiger partial charge in [0.2, 0.25) is 0 Å². The Kier molecular flexibility index (Phi) is 4.06. The van der Waals surface area contributed by atoms with Crippen molar-refractivity contribution in [3.05, 3.63) is 52.5 Å². The first-order chi connectivity index (χ1) is 9.11. The van der Waals surface area contributed by atoms with E-state index < -0.39 is 5.91 Å². The molecule has 4 nitrogen and oxygen atoms in total. The van der Waals surface area contributed by atoms with Crippen molar-refractivity contribution in [1.29, 1.82) is 0 Å². The lowest BCUT2D eigenvalue weighted by Crippen LogP contribution is -2.13. The number of carbonyl (C=O) groups is 1. The fourth-order valence-corrected chi connectivity index (χ4v) is 2.19. The van der Waals surface area contributed by atoms with Crippen molar-refractivity contribution in [2.45, 2.75) is 0 Å². The number of hydrogen-bond donors (Lipinski definition) is 2. The Morgan fingerprint density at radius 2 is 1.89 bits per heavy atom. The summed E-state index contributed by atoms with van der Waals surface area (Å²) in [5, 5.41) is 3.02. The van der Waals surface area contributed by atoms with E-state index in [0.717, 1.165) is 5.69 Å². The summed E-state index contributed by atoms with van der Waals surface area (Å²) < 4.78 is 6.31. The molecule has 0 unspecified atom stereocenters. The van der Waals surface area contributed by atoms with Gasteiger partial charge in [-0.1, -0.05) is 6.07 Å². The third kappa shape index (κ3) is 3.06. The Balaban J connectivity index is 2.32. The van der Waals surface area contributed by atoms with Gasteiger partial charge in [-0.3, -0.25) is 4.79 Å². The molecule has 0 heterocycles. The SMILES string of the molecule is CNc1ccc(Oc2cccc(Br)c2C(N)=O)cc1. The molecule has 0 spiro atoms. The van der Waals surface area contributed by atoms with E-state index in [0.29, 0.717) is 21.5 Å². The highest BCUT2D eigenvalue weighted by Gasteiger charge is 2.13. The molecular weight excluding hydrogens is 308 g/mol. The summed E-state index contributed by atoms with van der Waals surface area (Å²) >= 11 is 3.29. The summed E-state index contributed by atoms with van der Waals surface area (Å²) in [5.41, 5.74) is 6.67. The number of carbonyl (C=O) groups excluding carboxylic acids is 1. The second-order valence-corrected chi connectivity index (χ2v) is 4.71. The lowest BCUT2D eigenvalue weighted by Gasteiger charge is -2.11. The fourth-order valence-electron chi connectivity index (χ4n) is 1.65. The van der Waals surface area contributed by atoms with Gasteiger partial charge in [0.1, 0.15) is 11.5 Å². The molecule has 19 heavy (non-hydrogen) atoms. The molecule has 1 amide bonds. The van der Waals surface area contributed by atoms with Crippen molar-refractivity contribution < 1.29 is 9.53 Å². The molecule has 0 saturated heterocycles. The van der Waals surface area contributed by atoms with Gasteiger partial charge in [0, 0.05) is 17.2 Å². The van der Waals surface area contributed by atoms with E-state index in [1.54, 1.807) is 18.2 Å². The maximum absolute atomic E-state index is 11.4. The molecule has 0 aromatic heterocycles. The van der Waals surface area contributed by atoms with Crippen LogP contribution in [0.25, 0.3) is 0 Å².